The number of esters is 1. The largest absolute Gasteiger partial charge is 0.459 e. The molecule has 4 nitrogen and oxygen atoms in total. The standard InChI is InChI=1S/C12H25NO3/c1-9(2)15-8-7-13-10(3)11(14)16-12(4,5)6/h9-10,13H,7-8H2,1-6H3. The number of hydrogen-bond donors (Lipinski definition) is 1. The van der Waals surface area contributed by atoms with Crippen LogP contribution in [0.25, 0.3) is 0 Å². The van der Waals surface area contributed by atoms with Gasteiger partial charge in [0.05, 0.1) is 12.7 Å². The second-order valence-corrected chi connectivity index (χ2v) is 5.13. The third-order valence-electron chi connectivity index (χ3n) is 1.76. The van der Waals surface area contributed by atoms with Gasteiger partial charge in [0.15, 0.2) is 0 Å². The summed E-state index contributed by atoms with van der Waals surface area (Å²) in [7, 11) is 0. The minimum absolute atomic E-state index is 0.221. The molecule has 1 N–H and O–H groups in total. The van der Waals surface area contributed by atoms with Crippen LogP contribution in [0.1, 0.15) is 41.5 Å². The summed E-state index contributed by atoms with van der Waals surface area (Å²) in [6.07, 6.45) is 0.221. The van der Waals surface area contributed by atoms with Gasteiger partial charge in [-0.05, 0) is 41.5 Å². The van der Waals surface area contributed by atoms with Crippen molar-refractivity contribution in [3.05, 3.63) is 0 Å². The number of rotatable bonds is 6. The van der Waals surface area contributed by atoms with Gasteiger partial charge in [-0.25, -0.2) is 0 Å². The normalized spacial score (nSPS) is 13.9. The average molecular weight is 231 g/mol. The summed E-state index contributed by atoms with van der Waals surface area (Å²) in [6, 6.07) is -0.296. The molecule has 96 valence electrons. The molecule has 0 aliphatic rings. The summed E-state index contributed by atoms with van der Waals surface area (Å²) in [4.78, 5) is 11.6. The van der Waals surface area contributed by atoms with E-state index in [1.165, 1.54) is 0 Å². The Bertz CT molecular complexity index is 209. The van der Waals surface area contributed by atoms with E-state index in [1.807, 2.05) is 34.6 Å². The molecule has 0 aromatic heterocycles. The van der Waals surface area contributed by atoms with Crippen molar-refractivity contribution in [2.75, 3.05) is 13.2 Å². The molecule has 0 rings (SSSR count). The monoisotopic (exact) mass is 231 g/mol. The SMILES string of the molecule is CC(C)OCCNC(C)C(=O)OC(C)(C)C. The zero-order valence-electron chi connectivity index (χ0n) is 11.3. The molecule has 0 aromatic rings. The topological polar surface area (TPSA) is 47.6 Å². The van der Waals surface area contributed by atoms with E-state index in [9.17, 15) is 4.79 Å². The van der Waals surface area contributed by atoms with Crippen LogP contribution in [0.4, 0.5) is 0 Å². The summed E-state index contributed by atoms with van der Waals surface area (Å²) in [5.74, 6) is -0.225. The van der Waals surface area contributed by atoms with E-state index < -0.39 is 5.60 Å². The Kier molecular flexibility index (Phi) is 6.60. The lowest BCUT2D eigenvalue weighted by molar-refractivity contribution is -0.157. The van der Waals surface area contributed by atoms with Crippen molar-refractivity contribution < 1.29 is 14.3 Å². The van der Waals surface area contributed by atoms with Crippen LogP contribution < -0.4 is 5.32 Å². The zero-order chi connectivity index (χ0) is 12.8. The van der Waals surface area contributed by atoms with Gasteiger partial charge in [0.25, 0.3) is 0 Å². The van der Waals surface area contributed by atoms with E-state index in [4.69, 9.17) is 9.47 Å². The van der Waals surface area contributed by atoms with Gasteiger partial charge in [0.2, 0.25) is 0 Å². The molecule has 0 bridgehead atoms. The first-order valence-corrected chi connectivity index (χ1v) is 5.80. The van der Waals surface area contributed by atoms with Gasteiger partial charge in [-0.3, -0.25) is 4.79 Å². The first-order chi connectivity index (χ1) is 7.22. The summed E-state index contributed by atoms with van der Waals surface area (Å²) in [5.41, 5.74) is -0.429. The maximum Gasteiger partial charge on any atom is 0.323 e. The van der Waals surface area contributed by atoms with Crippen molar-refractivity contribution in [1.82, 2.24) is 5.32 Å². The van der Waals surface area contributed by atoms with E-state index in [1.54, 1.807) is 6.92 Å². The Morgan fingerprint density at radius 2 is 1.81 bits per heavy atom. The van der Waals surface area contributed by atoms with E-state index in [0.717, 1.165) is 0 Å². The van der Waals surface area contributed by atoms with Crippen molar-refractivity contribution in [2.45, 2.75) is 59.3 Å². The fourth-order valence-corrected chi connectivity index (χ4v) is 1.04. The molecule has 4 heteroatoms. The van der Waals surface area contributed by atoms with E-state index in [2.05, 4.69) is 5.32 Å². The van der Waals surface area contributed by atoms with Crippen molar-refractivity contribution in [3.63, 3.8) is 0 Å². The molecule has 0 aromatic carbocycles. The predicted octanol–water partition coefficient (Wildman–Crippen LogP) is 1.73. The van der Waals surface area contributed by atoms with E-state index in [0.29, 0.717) is 13.2 Å². The average Bonchev–Trinajstić information content (AvgIpc) is 2.08. The number of nitrogens with one attached hydrogen (secondary N) is 1. The lowest BCUT2D eigenvalue weighted by Crippen LogP contribution is -2.40. The zero-order valence-corrected chi connectivity index (χ0v) is 11.3. The van der Waals surface area contributed by atoms with Gasteiger partial charge in [-0.15, -0.1) is 0 Å². The van der Waals surface area contributed by atoms with Gasteiger partial charge in [-0.2, -0.15) is 0 Å². The fourth-order valence-electron chi connectivity index (χ4n) is 1.04. The number of carbonyl (C=O) groups is 1. The van der Waals surface area contributed by atoms with Gasteiger partial charge in [0.1, 0.15) is 11.6 Å². The first kappa shape index (κ1) is 15.4. The van der Waals surface area contributed by atoms with Gasteiger partial charge in [0, 0.05) is 6.54 Å². The highest BCUT2D eigenvalue weighted by Gasteiger charge is 2.20. The highest BCUT2D eigenvalue weighted by molar-refractivity contribution is 5.75. The smallest absolute Gasteiger partial charge is 0.323 e. The third-order valence-corrected chi connectivity index (χ3v) is 1.76. The van der Waals surface area contributed by atoms with Crippen molar-refractivity contribution in [2.24, 2.45) is 0 Å². The summed E-state index contributed by atoms with van der Waals surface area (Å²) in [5, 5.41) is 3.06. The van der Waals surface area contributed by atoms with Crippen molar-refractivity contribution >= 4 is 5.97 Å². The van der Waals surface area contributed by atoms with Crippen LogP contribution in [0.15, 0.2) is 0 Å². The van der Waals surface area contributed by atoms with Crippen LogP contribution in [-0.4, -0.2) is 36.9 Å². The molecule has 0 heterocycles. The van der Waals surface area contributed by atoms with Gasteiger partial charge in [-0.1, -0.05) is 0 Å². The van der Waals surface area contributed by atoms with E-state index >= 15 is 0 Å². The second kappa shape index (κ2) is 6.86. The Labute approximate surface area is 98.7 Å². The summed E-state index contributed by atoms with van der Waals surface area (Å²) in [6.45, 7) is 12.6. The lowest BCUT2D eigenvalue weighted by Gasteiger charge is -2.22. The third kappa shape index (κ3) is 8.68. The van der Waals surface area contributed by atoms with Crippen molar-refractivity contribution in [3.8, 4) is 0 Å². The molecule has 1 atom stereocenters. The molecule has 16 heavy (non-hydrogen) atoms. The molecule has 0 saturated carbocycles. The van der Waals surface area contributed by atoms with Crippen LogP contribution in [-0.2, 0) is 14.3 Å². The van der Waals surface area contributed by atoms with Crippen LogP contribution in [0.5, 0.6) is 0 Å². The minimum atomic E-state index is -0.429. The van der Waals surface area contributed by atoms with Crippen molar-refractivity contribution in [1.29, 1.82) is 0 Å². The minimum Gasteiger partial charge on any atom is -0.459 e. The molecule has 0 radical (unpaired) electrons. The predicted molar refractivity (Wildman–Crippen MR) is 64.4 cm³/mol. The fraction of sp³-hybridized carbons (Fsp3) is 0.917. The number of hydrogen-bond acceptors (Lipinski definition) is 4. The highest BCUT2D eigenvalue weighted by Crippen LogP contribution is 2.08. The Hall–Kier alpha value is -0.610. The molecule has 0 saturated heterocycles. The molecule has 0 spiro atoms. The molecule has 0 aliphatic carbocycles. The van der Waals surface area contributed by atoms with Crippen LogP contribution in [0.2, 0.25) is 0 Å². The van der Waals surface area contributed by atoms with Gasteiger partial charge >= 0.3 is 5.97 Å². The maximum absolute atomic E-state index is 11.6. The molecular formula is C12H25NO3. The molecule has 0 fully saturated rings. The number of ether oxygens (including phenoxy) is 2. The van der Waals surface area contributed by atoms with Crippen LogP contribution >= 0.6 is 0 Å². The van der Waals surface area contributed by atoms with Gasteiger partial charge < -0.3 is 14.8 Å². The molecule has 0 aliphatic heterocycles. The Morgan fingerprint density at radius 3 is 2.25 bits per heavy atom. The maximum atomic E-state index is 11.6. The Morgan fingerprint density at radius 1 is 1.25 bits per heavy atom. The molecule has 0 amide bonds. The van der Waals surface area contributed by atoms with E-state index in [-0.39, 0.29) is 18.1 Å². The highest BCUT2D eigenvalue weighted by atomic mass is 16.6. The summed E-state index contributed by atoms with van der Waals surface area (Å²) >= 11 is 0. The Balaban J connectivity index is 3.72. The number of carbonyl (C=O) groups excluding carboxylic acids is 1. The quantitative estimate of drug-likeness (QED) is 0.558. The first-order valence-electron chi connectivity index (χ1n) is 5.80. The molecular weight excluding hydrogens is 206 g/mol. The second-order valence-electron chi connectivity index (χ2n) is 5.13. The summed E-state index contributed by atoms with van der Waals surface area (Å²) < 4.78 is 10.6. The lowest BCUT2D eigenvalue weighted by atomic mass is 10.2. The van der Waals surface area contributed by atoms with Crippen LogP contribution in [0, 0.1) is 0 Å². The van der Waals surface area contributed by atoms with Crippen LogP contribution in [0.3, 0.4) is 0 Å². The molecule has 1 unspecified atom stereocenters.